The van der Waals surface area contributed by atoms with E-state index >= 15 is 0 Å². The Morgan fingerprint density at radius 1 is 0.696 bits per heavy atom. The summed E-state index contributed by atoms with van der Waals surface area (Å²) < 4.78 is 37.3. The highest BCUT2D eigenvalue weighted by atomic mass is 32.2. The molecular weight excluding hydrogens is 598 g/mol. The molecule has 1 fully saturated rings. The van der Waals surface area contributed by atoms with E-state index in [0.717, 1.165) is 18.5 Å². The predicted octanol–water partition coefficient (Wildman–Crippen LogP) is 10.5. The molecule has 1 amide bonds. The summed E-state index contributed by atoms with van der Waals surface area (Å²) in [5.41, 5.74) is 0.720. The summed E-state index contributed by atoms with van der Waals surface area (Å²) in [6.07, 6.45) is 26.0. The Balaban J connectivity index is 1.19. The lowest BCUT2D eigenvalue weighted by Gasteiger charge is -2.17. The molecule has 46 heavy (non-hydrogen) atoms. The minimum Gasteiger partial charge on any atom is -0.457 e. The van der Waals surface area contributed by atoms with Crippen molar-refractivity contribution < 1.29 is 27.3 Å². The van der Waals surface area contributed by atoms with Crippen molar-refractivity contribution in [2.24, 2.45) is 5.92 Å². The molecule has 0 saturated carbocycles. The zero-order valence-corrected chi connectivity index (χ0v) is 28.9. The van der Waals surface area contributed by atoms with Gasteiger partial charge in [-0.15, -0.1) is 0 Å². The van der Waals surface area contributed by atoms with Crippen LogP contribution in [0.2, 0.25) is 0 Å². The molecule has 1 saturated heterocycles. The van der Waals surface area contributed by atoms with Gasteiger partial charge in [0.15, 0.2) is 0 Å². The van der Waals surface area contributed by atoms with E-state index in [1.807, 2.05) is 0 Å². The van der Waals surface area contributed by atoms with Crippen molar-refractivity contribution in [2.75, 3.05) is 11.4 Å². The van der Waals surface area contributed by atoms with Crippen molar-refractivity contribution >= 4 is 27.5 Å². The second-order valence-electron chi connectivity index (χ2n) is 13.0. The van der Waals surface area contributed by atoms with E-state index in [4.69, 9.17) is 9.29 Å². The van der Waals surface area contributed by atoms with E-state index in [2.05, 4.69) is 6.92 Å². The Bertz CT molecular complexity index is 1260. The summed E-state index contributed by atoms with van der Waals surface area (Å²) in [5, 5.41) is 0. The molecule has 0 aromatic heterocycles. The van der Waals surface area contributed by atoms with Crippen LogP contribution in [0.5, 0.6) is 11.5 Å². The summed E-state index contributed by atoms with van der Waals surface area (Å²) in [7, 11) is -4.26. The highest BCUT2D eigenvalue weighted by Crippen LogP contribution is 2.30. The molecule has 2 aromatic carbocycles. The monoisotopic (exact) mass is 655 g/mol. The molecule has 8 heteroatoms. The van der Waals surface area contributed by atoms with E-state index in [9.17, 15) is 18.0 Å². The van der Waals surface area contributed by atoms with Crippen molar-refractivity contribution in [2.45, 2.75) is 147 Å². The molecule has 2 aromatic rings. The van der Waals surface area contributed by atoms with Crippen LogP contribution in [0, 0.1) is 5.92 Å². The quantitative estimate of drug-likeness (QED) is 0.0844. The van der Waals surface area contributed by atoms with E-state index in [1.165, 1.54) is 133 Å². The van der Waals surface area contributed by atoms with Crippen LogP contribution in [0.1, 0.15) is 142 Å². The molecular formula is C38H57NO6S. The number of unbranched alkanes of at least 4 members (excludes halogenated alkanes) is 18. The Hall–Kier alpha value is -2.71. The first-order chi connectivity index (χ1) is 22.3. The summed E-state index contributed by atoms with van der Waals surface area (Å²) >= 11 is 0. The lowest BCUT2D eigenvalue weighted by Crippen LogP contribution is -2.25. The molecule has 0 spiro atoms. The molecule has 0 aliphatic carbocycles. The maximum Gasteiger partial charge on any atom is 0.294 e. The number of rotatable bonds is 25. The van der Waals surface area contributed by atoms with Crippen molar-refractivity contribution in [3.05, 3.63) is 48.5 Å². The minimum atomic E-state index is -4.26. The fraction of sp³-hybridized carbons (Fsp3) is 0.632. The fourth-order valence-electron chi connectivity index (χ4n) is 6.26. The van der Waals surface area contributed by atoms with Crippen LogP contribution in [0.15, 0.2) is 53.4 Å². The average Bonchev–Trinajstić information content (AvgIpc) is 3.43. The van der Waals surface area contributed by atoms with E-state index in [0.29, 0.717) is 24.5 Å². The number of hydrogen-bond acceptors (Lipinski definition) is 5. The summed E-state index contributed by atoms with van der Waals surface area (Å²) in [6.45, 7) is 2.69. The van der Waals surface area contributed by atoms with Crippen molar-refractivity contribution in [1.82, 2.24) is 0 Å². The minimum absolute atomic E-state index is 0.0408. The maximum atomic E-state index is 12.8. The molecule has 1 unspecified atom stereocenters. The smallest absolute Gasteiger partial charge is 0.294 e. The molecule has 1 heterocycles. The van der Waals surface area contributed by atoms with Gasteiger partial charge in [-0.25, -0.2) is 0 Å². The largest absolute Gasteiger partial charge is 0.457 e. The van der Waals surface area contributed by atoms with Gasteiger partial charge in [0.1, 0.15) is 17.3 Å². The number of benzene rings is 2. The topological polar surface area (TPSA) is 101 Å². The third-order valence-electron chi connectivity index (χ3n) is 9.11. The number of ether oxygens (including phenoxy) is 1. The molecule has 0 bridgehead atoms. The molecule has 1 atom stereocenters. The lowest BCUT2D eigenvalue weighted by molar-refractivity contribution is -0.124. The molecule has 7 nitrogen and oxygen atoms in total. The SMILES string of the molecule is CCCCCCCCCCCCCCCCCCCCCC(=O)C1CC(=O)N(c2ccc(Oc3ccc(S(=O)(=O)O)cc3)cc2)C1. The number of carbonyl (C=O) groups is 2. The maximum absolute atomic E-state index is 12.8. The van der Waals surface area contributed by atoms with Gasteiger partial charge in [0.05, 0.1) is 4.90 Å². The van der Waals surface area contributed by atoms with Gasteiger partial charge >= 0.3 is 0 Å². The third kappa shape index (κ3) is 14.4. The predicted molar refractivity (Wildman–Crippen MR) is 186 cm³/mol. The van der Waals surface area contributed by atoms with Crippen LogP contribution in [0.4, 0.5) is 5.69 Å². The fourth-order valence-corrected chi connectivity index (χ4v) is 6.74. The van der Waals surface area contributed by atoms with Gasteiger partial charge in [-0.2, -0.15) is 8.42 Å². The summed E-state index contributed by atoms with van der Waals surface area (Å²) in [4.78, 5) is 27.0. The van der Waals surface area contributed by atoms with E-state index < -0.39 is 10.1 Å². The molecule has 1 N–H and O–H groups in total. The van der Waals surface area contributed by atoms with Gasteiger partial charge in [-0.1, -0.05) is 122 Å². The average molecular weight is 656 g/mol. The van der Waals surface area contributed by atoms with Gasteiger partial charge in [-0.3, -0.25) is 14.1 Å². The van der Waals surface area contributed by atoms with Crippen molar-refractivity contribution in [1.29, 1.82) is 0 Å². The van der Waals surface area contributed by atoms with Crippen LogP contribution in [-0.2, 0) is 19.7 Å². The van der Waals surface area contributed by atoms with Crippen molar-refractivity contribution in [3.63, 3.8) is 0 Å². The van der Waals surface area contributed by atoms with Gasteiger partial charge in [0.2, 0.25) is 5.91 Å². The van der Waals surface area contributed by atoms with Gasteiger partial charge in [-0.05, 0) is 55.0 Å². The normalized spacial score (nSPS) is 15.0. The van der Waals surface area contributed by atoms with Crippen LogP contribution < -0.4 is 9.64 Å². The highest BCUT2D eigenvalue weighted by molar-refractivity contribution is 7.85. The molecule has 1 aliphatic heterocycles. The first-order valence-electron chi connectivity index (χ1n) is 18.0. The number of amides is 1. The van der Waals surface area contributed by atoms with Crippen LogP contribution >= 0.6 is 0 Å². The molecule has 1 aliphatic rings. The van der Waals surface area contributed by atoms with Crippen molar-refractivity contribution in [3.8, 4) is 11.5 Å². The standard InChI is InChI=1S/C38H57NO6S/c1-2-3-4-5-6-7-8-9-10-11-12-13-14-15-16-17-18-19-20-21-37(40)32-30-38(41)39(31-32)33-22-24-34(25-23-33)45-35-26-28-36(29-27-35)46(42,43)44/h22-29,32H,2-21,30-31H2,1H3,(H,42,43,44). The number of Topliss-reactive ketones (excluding diaryl/α,β-unsaturated/α-hetero) is 1. The molecule has 0 radical (unpaired) electrons. The zero-order chi connectivity index (χ0) is 33.0. The Morgan fingerprint density at radius 3 is 1.54 bits per heavy atom. The zero-order valence-electron chi connectivity index (χ0n) is 28.1. The Kier molecular flexibility index (Phi) is 17.4. The highest BCUT2D eigenvalue weighted by Gasteiger charge is 2.34. The number of carbonyl (C=O) groups excluding carboxylic acids is 2. The van der Waals surface area contributed by atoms with Crippen LogP contribution in [0.25, 0.3) is 0 Å². The van der Waals surface area contributed by atoms with Crippen LogP contribution in [0.3, 0.4) is 0 Å². The van der Waals surface area contributed by atoms with Crippen LogP contribution in [-0.4, -0.2) is 31.2 Å². The first-order valence-corrected chi connectivity index (χ1v) is 19.4. The second kappa shape index (κ2) is 21.2. The van der Waals surface area contributed by atoms with Gasteiger partial charge < -0.3 is 9.64 Å². The number of hydrogen-bond donors (Lipinski definition) is 1. The number of anilines is 1. The Labute approximate surface area is 278 Å². The summed E-state index contributed by atoms with van der Waals surface area (Å²) in [6, 6.07) is 12.5. The Morgan fingerprint density at radius 2 is 1.11 bits per heavy atom. The van der Waals surface area contributed by atoms with E-state index in [-0.39, 0.29) is 28.9 Å². The second-order valence-corrected chi connectivity index (χ2v) is 14.4. The van der Waals surface area contributed by atoms with Gasteiger partial charge in [0, 0.05) is 31.0 Å². The molecule has 256 valence electrons. The van der Waals surface area contributed by atoms with Gasteiger partial charge in [0.25, 0.3) is 10.1 Å². The lowest BCUT2D eigenvalue weighted by atomic mass is 9.97. The third-order valence-corrected chi connectivity index (χ3v) is 9.98. The summed E-state index contributed by atoms with van der Waals surface area (Å²) in [5.74, 6) is 0.835. The van der Waals surface area contributed by atoms with E-state index in [1.54, 1.807) is 29.2 Å². The first kappa shape index (κ1) is 37.7. The molecule has 3 rings (SSSR count). The number of nitrogens with zero attached hydrogens (tertiary/aromatic N) is 1. The number of ketones is 1.